The van der Waals surface area contributed by atoms with Crippen molar-refractivity contribution >= 4 is 17.9 Å². The fourth-order valence-corrected chi connectivity index (χ4v) is 7.60. The Bertz CT molecular complexity index is 872. The van der Waals surface area contributed by atoms with Gasteiger partial charge in [0.05, 0.1) is 0 Å². The van der Waals surface area contributed by atoms with E-state index in [4.69, 9.17) is 14.2 Å². The highest BCUT2D eigenvalue weighted by molar-refractivity contribution is 5.71. The minimum Gasteiger partial charge on any atom is -0.462 e. The average molecular weight is 807 g/mol. The van der Waals surface area contributed by atoms with Crippen LogP contribution in [-0.4, -0.2) is 37.2 Å². The second-order valence-corrected chi connectivity index (χ2v) is 18.2. The average Bonchev–Trinajstić information content (AvgIpc) is 3.19. The molecule has 0 aromatic carbocycles. The Labute approximate surface area is 355 Å². The highest BCUT2D eigenvalue weighted by Crippen LogP contribution is 2.18. The summed E-state index contributed by atoms with van der Waals surface area (Å²) in [5.41, 5.74) is 0. The molecule has 0 radical (unpaired) electrons. The van der Waals surface area contributed by atoms with Gasteiger partial charge in [-0.1, -0.05) is 240 Å². The largest absolute Gasteiger partial charge is 0.462 e. The molecule has 0 rings (SSSR count). The Kier molecular flexibility index (Phi) is 42.7. The second kappa shape index (κ2) is 44.0. The van der Waals surface area contributed by atoms with Crippen molar-refractivity contribution in [3.05, 3.63) is 0 Å². The number of rotatable bonds is 45. The second-order valence-electron chi connectivity index (χ2n) is 18.2. The van der Waals surface area contributed by atoms with Crippen molar-refractivity contribution in [1.82, 2.24) is 0 Å². The molecule has 338 valence electrons. The van der Waals surface area contributed by atoms with Crippen molar-refractivity contribution in [1.29, 1.82) is 0 Å². The van der Waals surface area contributed by atoms with Gasteiger partial charge in [0.2, 0.25) is 0 Å². The zero-order valence-electron chi connectivity index (χ0n) is 39.0. The van der Waals surface area contributed by atoms with Crippen molar-refractivity contribution in [2.75, 3.05) is 13.2 Å². The van der Waals surface area contributed by atoms with E-state index in [1.165, 1.54) is 167 Å². The summed E-state index contributed by atoms with van der Waals surface area (Å²) in [6.45, 7) is 11.4. The minimum atomic E-state index is -0.761. The Morgan fingerprint density at radius 2 is 0.667 bits per heavy atom. The molecule has 6 nitrogen and oxygen atoms in total. The van der Waals surface area contributed by atoms with Gasteiger partial charge in [0.1, 0.15) is 13.2 Å². The molecule has 1 unspecified atom stereocenters. The van der Waals surface area contributed by atoms with Gasteiger partial charge in [0, 0.05) is 19.3 Å². The Balaban J connectivity index is 4.31. The normalized spacial score (nSPS) is 12.5. The van der Waals surface area contributed by atoms with E-state index in [0.29, 0.717) is 19.3 Å². The van der Waals surface area contributed by atoms with E-state index < -0.39 is 6.10 Å². The molecule has 2 atom stereocenters. The molecule has 57 heavy (non-hydrogen) atoms. The van der Waals surface area contributed by atoms with Crippen LogP contribution in [-0.2, 0) is 28.6 Å². The van der Waals surface area contributed by atoms with E-state index in [0.717, 1.165) is 69.6 Å². The zero-order valence-corrected chi connectivity index (χ0v) is 39.0. The molecule has 0 aliphatic rings. The summed E-state index contributed by atoms with van der Waals surface area (Å²) >= 11 is 0. The first kappa shape index (κ1) is 55.4. The van der Waals surface area contributed by atoms with Crippen LogP contribution in [0.2, 0.25) is 0 Å². The zero-order chi connectivity index (χ0) is 41.9. The monoisotopic (exact) mass is 807 g/mol. The lowest BCUT2D eigenvalue weighted by Crippen LogP contribution is -2.30. The van der Waals surface area contributed by atoms with E-state index in [9.17, 15) is 14.4 Å². The third kappa shape index (κ3) is 43.8. The molecule has 0 aliphatic carbocycles. The van der Waals surface area contributed by atoms with Crippen LogP contribution in [0.5, 0.6) is 0 Å². The number of hydrogen-bond donors (Lipinski definition) is 0. The SMILES string of the molecule is CCCCCCCCCCCCCC(=O)O[C@H](COC(=O)CCCCCCCCCCCCCC(C)C)COC(=O)CCCCCCCCCCCCC(C)CC. The van der Waals surface area contributed by atoms with Crippen LogP contribution in [0.3, 0.4) is 0 Å². The molecule has 0 heterocycles. The molecular formula is C51H98O6. The number of carbonyl (C=O) groups excluding carboxylic acids is 3. The lowest BCUT2D eigenvalue weighted by Gasteiger charge is -2.18. The molecule has 0 spiro atoms. The van der Waals surface area contributed by atoms with Gasteiger partial charge in [-0.3, -0.25) is 14.4 Å². The highest BCUT2D eigenvalue weighted by Gasteiger charge is 2.19. The van der Waals surface area contributed by atoms with Gasteiger partial charge in [-0.15, -0.1) is 0 Å². The smallest absolute Gasteiger partial charge is 0.306 e. The number of hydrogen-bond acceptors (Lipinski definition) is 6. The Morgan fingerprint density at radius 3 is 1.00 bits per heavy atom. The van der Waals surface area contributed by atoms with Crippen molar-refractivity contribution in [3.8, 4) is 0 Å². The first-order valence-corrected chi connectivity index (χ1v) is 25.3. The topological polar surface area (TPSA) is 78.9 Å². The van der Waals surface area contributed by atoms with Crippen molar-refractivity contribution < 1.29 is 28.6 Å². The Morgan fingerprint density at radius 1 is 0.368 bits per heavy atom. The predicted molar refractivity (Wildman–Crippen MR) is 243 cm³/mol. The molecule has 0 bridgehead atoms. The molecule has 6 heteroatoms. The van der Waals surface area contributed by atoms with Crippen LogP contribution in [0.1, 0.15) is 279 Å². The quantitative estimate of drug-likeness (QED) is 0.0346. The summed E-state index contributed by atoms with van der Waals surface area (Å²) in [5.74, 6) is 0.846. The van der Waals surface area contributed by atoms with Crippen LogP contribution in [0.15, 0.2) is 0 Å². The molecule has 0 saturated heterocycles. The van der Waals surface area contributed by atoms with Crippen LogP contribution in [0.4, 0.5) is 0 Å². The van der Waals surface area contributed by atoms with E-state index >= 15 is 0 Å². The summed E-state index contributed by atoms with van der Waals surface area (Å²) in [6, 6.07) is 0. The lowest BCUT2D eigenvalue weighted by atomic mass is 9.99. The maximum atomic E-state index is 12.7. The number of unbranched alkanes of at least 4 members (excludes halogenated alkanes) is 29. The molecule has 0 N–H and O–H groups in total. The van der Waals surface area contributed by atoms with Crippen molar-refractivity contribution in [2.24, 2.45) is 11.8 Å². The van der Waals surface area contributed by atoms with Crippen LogP contribution in [0, 0.1) is 11.8 Å². The van der Waals surface area contributed by atoms with Crippen molar-refractivity contribution in [2.45, 2.75) is 285 Å². The van der Waals surface area contributed by atoms with Gasteiger partial charge < -0.3 is 14.2 Å². The van der Waals surface area contributed by atoms with E-state index in [1.54, 1.807) is 0 Å². The van der Waals surface area contributed by atoms with Gasteiger partial charge in [-0.2, -0.15) is 0 Å². The lowest BCUT2D eigenvalue weighted by molar-refractivity contribution is -0.167. The third-order valence-electron chi connectivity index (χ3n) is 11.8. The molecular weight excluding hydrogens is 709 g/mol. The molecule has 0 saturated carbocycles. The highest BCUT2D eigenvalue weighted by atomic mass is 16.6. The standard InChI is InChI=1S/C51H98O6/c1-6-8-9-10-11-12-14-23-28-33-38-43-51(54)57-48(44-55-49(52)41-36-31-26-21-16-13-15-19-24-29-34-39-46(3)4)45-56-50(53)42-37-32-27-22-18-17-20-25-30-35-40-47(5)7-2/h46-48H,6-45H2,1-5H3/t47?,48-/m1/s1. The maximum absolute atomic E-state index is 12.7. The summed E-state index contributed by atoms with van der Waals surface area (Å²) in [5, 5.41) is 0. The van der Waals surface area contributed by atoms with Crippen LogP contribution < -0.4 is 0 Å². The number of carbonyl (C=O) groups is 3. The van der Waals surface area contributed by atoms with Gasteiger partial charge in [0.25, 0.3) is 0 Å². The first-order chi connectivity index (χ1) is 27.8. The Hall–Kier alpha value is -1.59. The summed E-state index contributed by atoms with van der Waals surface area (Å²) in [6.07, 6.45) is 43.6. The van der Waals surface area contributed by atoms with Crippen LogP contribution >= 0.6 is 0 Å². The molecule has 0 amide bonds. The first-order valence-electron chi connectivity index (χ1n) is 25.3. The van der Waals surface area contributed by atoms with Crippen LogP contribution in [0.25, 0.3) is 0 Å². The summed E-state index contributed by atoms with van der Waals surface area (Å²) < 4.78 is 16.8. The summed E-state index contributed by atoms with van der Waals surface area (Å²) in [7, 11) is 0. The van der Waals surface area contributed by atoms with Gasteiger partial charge in [-0.05, 0) is 31.1 Å². The summed E-state index contributed by atoms with van der Waals surface area (Å²) in [4.78, 5) is 37.9. The number of esters is 3. The predicted octanol–water partition coefficient (Wildman–Crippen LogP) is 16.1. The fraction of sp³-hybridized carbons (Fsp3) is 0.941. The number of ether oxygens (including phenoxy) is 3. The fourth-order valence-electron chi connectivity index (χ4n) is 7.60. The van der Waals surface area contributed by atoms with E-state index in [2.05, 4.69) is 34.6 Å². The molecule has 0 fully saturated rings. The molecule has 0 aromatic rings. The molecule has 0 aromatic heterocycles. The van der Waals surface area contributed by atoms with E-state index in [-0.39, 0.29) is 31.1 Å². The third-order valence-corrected chi connectivity index (χ3v) is 11.8. The van der Waals surface area contributed by atoms with Gasteiger partial charge >= 0.3 is 17.9 Å². The molecule has 0 aliphatic heterocycles. The minimum absolute atomic E-state index is 0.0640. The van der Waals surface area contributed by atoms with Crippen molar-refractivity contribution in [3.63, 3.8) is 0 Å². The van der Waals surface area contributed by atoms with Gasteiger partial charge in [0.15, 0.2) is 6.10 Å². The maximum Gasteiger partial charge on any atom is 0.306 e. The van der Waals surface area contributed by atoms with Gasteiger partial charge in [-0.25, -0.2) is 0 Å². The van der Waals surface area contributed by atoms with E-state index in [1.807, 2.05) is 0 Å².